The van der Waals surface area contributed by atoms with Crippen LogP contribution in [0.15, 0.2) is 34.9 Å². The normalized spacial score (nSPS) is 16.0. The molecule has 0 saturated heterocycles. The van der Waals surface area contributed by atoms with E-state index in [1.807, 2.05) is 0 Å². The largest absolute Gasteiger partial charge is 0.422 e. The van der Waals surface area contributed by atoms with Gasteiger partial charge in [0.25, 0.3) is 0 Å². The zero-order valence-corrected chi connectivity index (χ0v) is 23.9. The Hall–Kier alpha value is -6.35. The maximum Gasteiger partial charge on any atom is 0.422 e. The number of nitriles is 4. The Morgan fingerprint density at radius 1 is 0.442 bits per heavy atom. The second-order valence-electron chi connectivity index (χ2n) is 9.96. The molecule has 4 nitrogen and oxygen atoms in total. The van der Waals surface area contributed by atoms with Gasteiger partial charge in [-0.3, -0.25) is 0 Å². The molecule has 0 heterocycles. The van der Waals surface area contributed by atoms with Crippen molar-refractivity contribution in [2.45, 2.75) is 18.5 Å². The molecule has 266 valence electrons. The Labute approximate surface area is 276 Å². The Balaban J connectivity index is 2.35. The average Bonchev–Trinajstić information content (AvgIpc) is 3.75. The predicted octanol–water partition coefficient (Wildman–Crippen LogP) is 9.97. The van der Waals surface area contributed by atoms with Crippen molar-refractivity contribution in [1.29, 1.82) is 21.0 Å². The molecule has 0 unspecified atom stereocenters. The number of nitrogens with zero attached hydrogens (tertiary/aromatic N) is 4. The lowest BCUT2D eigenvalue weighted by atomic mass is 9.96. The molecule has 52 heavy (non-hydrogen) atoms. The van der Waals surface area contributed by atoms with E-state index in [1.165, 1.54) is 6.07 Å². The molecule has 1 aliphatic rings. The van der Waals surface area contributed by atoms with Crippen LogP contribution in [-0.2, 0) is 18.5 Å². The fourth-order valence-corrected chi connectivity index (χ4v) is 4.93. The SMILES string of the molecule is N#CC(=C1C(=C(\C#N)c2ccc(C#N)cc2C(F)(F)F)/C1=C(\C#N)c1c(F)c(F)c(C(F)(F)F)c(F)c1F)c1c(F)c(F)c(C(F)(F)F)c(F)c1F. The minimum absolute atomic E-state index is 0.0820. The first kappa shape index (κ1) is 38.5. The molecule has 3 aromatic carbocycles. The molecular formula is C31H3F17N4. The van der Waals surface area contributed by atoms with E-state index in [4.69, 9.17) is 5.26 Å². The van der Waals surface area contributed by atoms with Crippen molar-refractivity contribution in [1.82, 2.24) is 0 Å². The molecular weight excluding hydrogens is 751 g/mol. The van der Waals surface area contributed by atoms with Gasteiger partial charge in [0.05, 0.1) is 45.0 Å². The highest BCUT2D eigenvalue weighted by atomic mass is 19.4. The number of benzene rings is 3. The summed E-state index contributed by atoms with van der Waals surface area (Å²) in [7, 11) is 0. The van der Waals surface area contributed by atoms with Crippen molar-refractivity contribution in [2.24, 2.45) is 0 Å². The topological polar surface area (TPSA) is 95.2 Å². The van der Waals surface area contributed by atoms with Crippen molar-refractivity contribution < 1.29 is 74.6 Å². The molecule has 0 amide bonds. The molecule has 1 fully saturated rings. The van der Waals surface area contributed by atoms with Crippen molar-refractivity contribution in [3.05, 3.63) is 120 Å². The van der Waals surface area contributed by atoms with E-state index in [1.54, 1.807) is 0 Å². The zero-order valence-electron chi connectivity index (χ0n) is 23.9. The maximum atomic E-state index is 15.1. The van der Waals surface area contributed by atoms with Crippen LogP contribution in [0.2, 0.25) is 0 Å². The van der Waals surface area contributed by atoms with Gasteiger partial charge in [0.2, 0.25) is 0 Å². The Morgan fingerprint density at radius 3 is 1.04 bits per heavy atom. The number of allylic oxidation sites excluding steroid dienone is 6. The molecule has 4 rings (SSSR count). The van der Waals surface area contributed by atoms with Crippen molar-refractivity contribution in [3.8, 4) is 24.3 Å². The van der Waals surface area contributed by atoms with Gasteiger partial charge in [0, 0.05) is 22.3 Å². The van der Waals surface area contributed by atoms with Gasteiger partial charge in [-0.25, -0.2) is 35.1 Å². The molecule has 0 aromatic heterocycles. The second-order valence-corrected chi connectivity index (χ2v) is 9.96. The molecule has 1 aliphatic carbocycles. The third-order valence-corrected chi connectivity index (χ3v) is 7.09. The first-order chi connectivity index (χ1) is 23.9. The van der Waals surface area contributed by atoms with Crippen molar-refractivity contribution in [3.63, 3.8) is 0 Å². The number of rotatable bonds is 3. The average molecular weight is 754 g/mol. The second kappa shape index (κ2) is 12.8. The molecule has 0 radical (unpaired) electrons. The lowest BCUT2D eigenvalue weighted by Crippen LogP contribution is -2.17. The van der Waals surface area contributed by atoms with Gasteiger partial charge in [0.15, 0.2) is 46.5 Å². The smallest absolute Gasteiger partial charge is 0.203 e. The number of hydrogen-bond acceptors (Lipinski definition) is 4. The fraction of sp³-hybridized carbons (Fsp3) is 0.0968. The van der Waals surface area contributed by atoms with E-state index in [0.29, 0.717) is 12.1 Å². The zero-order chi connectivity index (χ0) is 39.6. The highest BCUT2D eigenvalue weighted by molar-refractivity contribution is 6.12. The lowest BCUT2D eigenvalue weighted by molar-refractivity contribution is -0.144. The van der Waals surface area contributed by atoms with Crippen LogP contribution in [0.25, 0.3) is 16.7 Å². The Bertz CT molecular complexity index is 2210. The first-order valence-corrected chi connectivity index (χ1v) is 12.8. The summed E-state index contributed by atoms with van der Waals surface area (Å²) in [6.07, 6.45) is -17.9. The van der Waals surface area contributed by atoms with Crippen molar-refractivity contribution >= 4 is 16.7 Å². The summed E-state index contributed by atoms with van der Waals surface area (Å²) >= 11 is 0. The van der Waals surface area contributed by atoms with Gasteiger partial charge in [-0.15, -0.1) is 0 Å². The maximum absolute atomic E-state index is 15.1. The molecule has 0 bridgehead atoms. The Morgan fingerprint density at radius 2 is 0.769 bits per heavy atom. The van der Waals surface area contributed by atoms with E-state index in [0.717, 1.165) is 18.2 Å². The summed E-state index contributed by atoms with van der Waals surface area (Å²) in [5, 5.41) is 38.5. The van der Waals surface area contributed by atoms with E-state index in [-0.39, 0.29) is 6.07 Å². The highest BCUT2D eigenvalue weighted by Crippen LogP contribution is 2.58. The molecule has 0 atom stereocenters. The lowest BCUT2D eigenvalue weighted by Gasteiger charge is -2.14. The molecule has 0 N–H and O–H groups in total. The van der Waals surface area contributed by atoms with E-state index in [2.05, 4.69) is 0 Å². The van der Waals surface area contributed by atoms with Crippen LogP contribution in [0.5, 0.6) is 0 Å². The van der Waals surface area contributed by atoms with Gasteiger partial charge < -0.3 is 0 Å². The molecule has 1 saturated carbocycles. The predicted molar refractivity (Wildman–Crippen MR) is 136 cm³/mol. The van der Waals surface area contributed by atoms with Crippen LogP contribution in [-0.4, -0.2) is 0 Å². The third-order valence-electron chi connectivity index (χ3n) is 7.09. The minimum atomic E-state index is -6.17. The standard InChI is InChI=1S/C31H3F17N4/c32-21-17(22(33)26(37)19(25(21)36)30(43,44)45)11(6-51)15-14(10(5-50)9-2-1-8(4-49)3-13(9)29(40,41)42)16(15)12(7-52)18-23(34)27(38)20(31(46,47)48)28(39)24(18)35/h1-3H/b14-10-,15-11?,16-12-. The fourth-order valence-electron chi connectivity index (χ4n) is 4.93. The molecule has 21 heteroatoms. The first-order valence-electron chi connectivity index (χ1n) is 12.8. The Kier molecular flexibility index (Phi) is 9.44. The summed E-state index contributed by atoms with van der Waals surface area (Å²) in [4.78, 5) is 0. The van der Waals surface area contributed by atoms with Gasteiger partial charge in [-0.05, 0) is 12.1 Å². The van der Waals surface area contributed by atoms with E-state index < -0.39 is 137 Å². The highest BCUT2D eigenvalue weighted by Gasteiger charge is 2.49. The third kappa shape index (κ3) is 6.04. The van der Waals surface area contributed by atoms with Crippen LogP contribution in [0.1, 0.15) is 38.9 Å². The molecule has 0 spiro atoms. The van der Waals surface area contributed by atoms with Crippen LogP contribution in [0, 0.1) is 91.9 Å². The van der Waals surface area contributed by atoms with Crippen LogP contribution < -0.4 is 0 Å². The molecule has 3 aromatic rings. The van der Waals surface area contributed by atoms with Crippen LogP contribution in [0.3, 0.4) is 0 Å². The summed E-state index contributed by atoms with van der Waals surface area (Å²) in [6, 6.07) is 4.93. The van der Waals surface area contributed by atoms with Gasteiger partial charge >= 0.3 is 18.5 Å². The number of halogens is 17. The summed E-state index contributed by atoms with van der Waals surface area (Å²) in [5.41, 5.74) is -25.6. The van der Waals surface area contributed by atoms with E-state index >= 15 is 17.6 Å². The number of alkyl halides is 9. The van der Waals surface area contributed by atoms with Gasteiger partial charge in [-0.1, -0.05) is 6.07 Å². The quantitative estimate of drug-likeness (QED) is 0.151. The summed E-state index contributed by atoms with van der Waals surface area (Å²) < 4.78 is 240. The minimum Gasteiger partial charge on any atom is -0.203 e. The van der Waals surface area contributed by atoms with Gasteiger partial charge in [0.1, 0.15) is 29.3 Å². The summed E-state index contributed by atoms with van der Waals surface area (Å²) in [5.74, 6) is -25.1. The molecule has 0 aliphatic heterocycles. The van der Waals surface area contributed by atoms with Crippen LogP contribution in [0.4, 0.5) is 74.6 Å². The number of hydrogen-bond donors (Lipinski definition) is 0. The van der Waals surface area contributed by atoms with Gasteiger partial charge in [-0.2, -0.15) is 60.6 Å². The monoisotopic (exact) mass is 754 g/mol. The van der Waals surface area contributed by atoms with Crippen LogP contribution >= 0.6 is 0 Å². The van der Waals surface area contributed by atoms with E-state index in [9.17, 15) is 72.9 Å². The summed E-state index contributed by atoms with van der Waals surface area (Å²) in [6.45, 7) is 0. The van der Waals surface area contributed by atoms with Crippen molar-refractivity contribution in [2.75, 3.05) is 0 Å².